The van der Waals surface area contributed by atoms with Crippen molar-refractivity contribution in [3.8, 4) is 0 Å². The zero-order chi connectivity index (χ0) is 16.9. The van der Waals surface area contributed by atoms with Gasteiger partial charge < -0.3 is 4.74 Å². The van der Waals surface area contributed by atoms with Crippen LogP contribution in [-0.4, -0.2) is 34.4 Å². The average molecular weight is 384 g/mol. The molecule has 0 bridgehead atoms. The molecule has 24 heavy (non-hydrogen) atoms. The van der Waals surface area contributed by atoms with Gasteiger partial charge in [0.05, 0.1) is 17.9 Å². The van der Waals surface area contributed by atoms with Crippen molar-refractivity contribution in [3.05, 3.63) is 21.4 Å². The number of nitrogens with one attached hydrogen (secondary N) is 1. The second-order valence-corrected chi connectivity index (χ2v) is 8.34. The third-order valence-electron chi connectivity index (χ3n) is 3.55. The zero-order valence-electron chi connectivity index (χ0n) is 13.2. The first kappa shape index (κ1) is 17.4. The van der Waals surface area contributed by atoms with Crippen LogP contribution in [0.15, 0.2) is 9.72 Å². The first-order valence-corrected chi connectivity index (χ1v) is 10.4. The molecule has 1 N–H and O–H groups in total. The third kappa shape index (κ3) is 4.14. The SMILES string of the molecule is CCOC(=O)CSc1nnc(NC(=O)c2csc3c2CCCC3)s1. The Labute approximate surface area is 152 Å². The Morgan fingerprint density at radius 2 is 2.17 bits per heavy atom. The maximum absolute atomic E-state index is 12.5. The molecule has 0 spiro atoms. The normalized spacial score (nSPS) is 13.4. The second-order valence-electron chi connectivity index (χ2n) is 5.18. The molecule has 0 aliphatic heterocycles. The van der Waals surface area contributed by atoms with E-state index in [4.69, 9.17) is 4.74 Å². The fourth-order valence-electron chi connectivity index (χ4n) is 2.49. The number of anilines is 1. The minimum atomic E-state index is -0.284. The van der Waals surface area contributed by atoms with Gasteiger partial charge in [-0.3, -0.25) is 14.9 Å². The summed E-state index contributed by atoms with van der Waals surface area (Å²) in [5.74, 6) is -0.227. The summed E-state index contributed by atoms with van der Waals surface area (Å²) in [4.78, 5) is 25.1. The van der Waals surface area contributed by atoms with E-state index in [2.05, 4.69) is 15.5 Å². The number of aryl methyl sites for hydroxylation is 1. The van der Waals surface area contributed by atoms with E-state index in [9.17, 15) is 9.59 Å². The van der Waals surface area contributed by atoms with Gasteiger partial charge in [-0.15, -0.1) is 21.5 Å². The number of thioether (sulfide) groups is 1. The molecule has 2 aromatic heterocycles. The molecule has 1 aliphatic rings. The Morgan fingerprint density at radius 1 is 1.33 bits per heavy atom. The highest BCUT2D eigenvalue weighted by atomic mass is 32.2. The summed E-state index contributed by atoms with van der Waals surface area (Å²) in [5, 5.41) is 13.1. The molecular weight excluding hydrogens is 366 g/mol. The fourth-order valence-corrected chi connectivity index (χ4v) is 5.16. The number of aromatic nitrogens is 2. The maximum atomic E-state index is 12.5. The van der Waals surface area contributed by atoms with Crippen molar-refractivity contribution in [2.45, 2.75) is 36.9 Å². The molecular formula is C15H17N3O3S3. The molecule has 1 aliphatic carbocycles. The molecule has 0 atom stereocenters. The highest BCUT2D eigenvalue weighted by Gasteiger charge is 2.21. The lowest BCUT2D eigenvalue weighted by atomic mass is 9.96. The van der Waals surface area contributed by atoms with Gasteiger partial charge >= 0.3 is 5.97 Å². The van der Waals surface area contributed by atoms with E-state index in [-0.39, 0.29) is 17.6 Å². The largest absolute Gasteiger partial charge is 0.465 e. The standard InChI is InChI=1S/C15H17N3O3S3/c1-2-21-12(19)8-23-15-18-17-14(24-15)16-13(20)10-7-22-11-6-4-3-5-9(10)11/h7H,2-6,8H2,1H3,(H,16,17,20). The number of hydrogen-bond donors (Lipinski definition) is 1. The summed E-state index contributed by atoms with van der Waals surface area (Å²) in [6.07, 6.45) is 4.38. The van der Waals surface area contributed by atoms with Crippen LogP contribution in [0.4, 0.5) is 5.13 Å². The van der Waals surface area contributed by atoms with Crippen LogP contribution in [-0.2, 0) is 22.4 Å². The number of nitrogens with zero attached hydrogens (tertiary/aromatic N) is 2. The summed E-state index contributed by atoms with van der Waals surface area (Å²) in [6.45, 7) is 2.13. The van der Waals surface area contributed by atoms with Gasteiger partial charge in [-0.25, -0.2) is 0 Å². The lowest BCUT2D eigenvalue weighted by molar-refractivity contribution is -0.139. The number of rotatable bonds is 6. The van der Waals surface area contributed by atoms with Crippen molar-refractivity contribution in [2.24, 2.45) is 0 Å². The first-order chi connectivity index (χ1) is 11.7. The zero-order valence-corrected chi connectivity index (χ0v) is 15.6. The molecule has 0 saturated heterocycles. The number of fused-ring (bicyclic) bond motifs is 1. The molecule has 2 aromatic rings. The van der Waals surface area contributed by atoms with Crippen molar-refractivity contribution in [2.75, 3.05) is 17.7 Å². The summed E-state index contributed by atoms with van der Waals surface area (Å²) in [5.41, 5.74) is 1.94. The highest BCUT2D eigenvalue weighted by Crippen LogP contribution is 2.31. The highest BCUT2D eigenvalue weighted by molar-refractivity contribution is 8.01. The average Bonchev–Trinajstić information content (AvgIpc) is 3.19. The van der Waals surface area contributed by atoms with E-state index < -0.39 is 0 Å². The van der Waals surface area contributed by atoms with Crippen LogP contribution in [0.1, 0.15) is 40.6 Å². The van der Waals surface area contributed by atoms with Crippen LogP contribution in [0.3, 0.4) is 0 Å². The third-order valence-corrected chi connectivity index (χ3v) is 6.59. The van der Waals surface area contributed by atoms with E-state index in [1.165, 1.54) is 40.0 Å². The van der Waals surface area contributed by atoms with Crippen molar-refractivity contribution >= 4 is 51.4 Å². The Kier molecular flexibility index (Phi) is 5.85. The lowest BCUT2D eigenvalue weighted by Crippen LogP contribution is -2.14. The smallest absolute Gasteiger partial charge is 0.316 e. The van der Waals surface area contributed by atoms with E-state index in [0.717, 1.165) is 24.8 Å². The first-order valence-electron chi connectivity index (χ1n) is 7.70. The molecule has 6 nitrogen and oxygen atoms in total. The van der Waals surface area contributed by atoms with Gasteiger partial charge in [-0.2, -0.15) is 0 Å². The number of amides is 1. The van der Waals surface area contributed by atoms with Crippen LogP contribution in [0, 0.1) is 0 Å². The number of thiophene rings is 1. The number of ether oxygens (including phenoxy) is 1. The maximum Gasteiger partial charge on any atom is 0.316 e. The lowest BCUT2D eigenvalue weighted by Gasteiger charge is -2.12. The minimum absolute atomic E-state index is 0.132. The Hall–Kier alpha value is -1.45. The van der Waals surface area contributed by atoms with Gasteiger partial charge in [0, 0.05) is 10.3 Å². The van der Waals surface area contributed by atoms with Gasteiger partial charge in [-0.05, 0) is 38.2 Å². The molecule has 0 aromatic carbocycles. The van der Waals surface area contributed by atoms with Crippen LogP contribution in [0.25, 0.3) is 0 Å². The van der Waals surface area contributed by atoms with Crippen molar-refractivity contribution < 1.29 is 14.3 Å². The second kappa shape index (κ2) is 8.09. The van der Waals surface area contributed by atoms with Gasteiger partial charge in [0.2, 0.25) is 5.13 Å². The number of hydrogen-bond acceptors (Lipinski definition) is 8. The van der Waals surface area contributed by atoms with Crippen molar-refractivity contribution in [3.63, 3.8) is 0 Å². The van der Waals surface area contributed by atoms with Gasteiger partial charge in [0.15, 0.2) is 4.34 Å². The van der Waals surface area contributed by atoms with Gasteiger partial charge in [-0.1, -0.05) is 23.1 Å². The van der Waals surface area contributed by atoms with Crippen LogP contribution < -0.4 is 5.32 Å². The monoisotopic (exact) mass is 383 g/mol. The van der Waals surface area contributed by atoms with Crippen LogP contribution in [0.5, 0.6) is 0 Å². The summed E-state index contributed by atoms with van der Waals surface area (Å²) in [7, 11) is 0. The van der Waals surface area contributed by atoms with Crippen LogP contribution in [0.2, 0.25) is 0 Å². The molecule has 3 rings (SSSR count). The summed E-state index contributed by atoms with van der Waals surface area (Å²) in [6, 6.07) is 0. The minimum Gasteiger partial charge on any atom is -0.465 e. The number of carbonyl (C=O) groups is 2. The molecule has 128 valence electrons. The number of carbonyl (C=O) groups excluding carboxylic acids is 2. The van der Waals surface area contributed by atoms with Crippen LogP contribution >= 0.6 is 34.4 Å². The van der Waals surface area contributed by atoms with E-state index in [0.29, 0.717) is 16.1 Å². The van der Waals surface area contributed by atoms with Crippen molar-refractivity contribution in [1.82, 2.24) is 10.2 Å². The van der Waals surface area contributed by atoms with Gasteiger partial charge in [0.25, 0.3) is 5.91 Å². The predicted octanol–water partition coefficient (Wildman–Crippen LogP) is 3.39. The fraction of sp³-hybridized carbons (Fsp3) is 0.467. The quantitative estimate of drug-likeness (QED) is 0.468. The summed E-state index contributed by atoms with van der Waals surface area (Å²) >= 11 is 4.18. The molecule has 9 heteroatoms. The van der Waals surface area contributed by atoms with E-state index in [1.54, 1.807) is 18.3 Å². The Morgan fingerprint density at radius 3 is 3.00 bits per heavy atom. The predicted molar refractivity (Wildman–Crippen MR) is 96.2 cm³/mol. The topological polar surface area (TPSA) is 81.2 Å². The van der Waals surface area contributed by atoms with Crippen molar-refractivity contribution in [1.29, 1.82) is 0 Å². The van der Waals surface area contributed by atoms with E-state index >= 15 is 0 Å². The molecule has 0 unspecified atom stereocenters. The van der Waals surface area contributed by atoms with Gasteiger partial charge in [0.1, 0.15) is 0 Å². The number of esters is 1. The molecule has 1 amide bonds. The molecule has 0 saturated carbocycles. The molecule has 0 fully saturated rings. The Balaban J connectivity index is 1.59. The molecule has 2 heterocycles. The summed E-state index contributed by atoms with van der Waals surface area (Å²) < 4.78 is 5.50. The molecule has 0 radical (unpaired) electrons. The van der Waals surface area contributed by atoms with E-state index in [1.807, 2.05) is 5.38 Å². The Bertz CT molecular complexity index is 741.